The molecule has 136 valence electrons. The topological polar surface area (TPSA) is 81.5 Å². The van der Waals surface area contributed by atoms with Gasteiger partial charge in [0.05, 0.1) is 19.9 Å². The Balaban J connectivity index is 1.99. The lowest BCUT2D eigenvalue weighted by atomic mass is 10.1. The van der Waals surface area contributed by atoms with Crippen LogP contribution in [0.15, 0.2) is 54.7 Å². The van der Waals surface area contributed by atoms with E-state index < -0.39 is 5.97 Å². The molecule has 0 amide bonds. The number of benzene rings is 2. The maximum Gasteiger partial charge on any atom is 0.339 e. The number of hydrogen-bond acceptors (Lipinski definition) is 5. The highest BCUT2D eigenvalue weighted by molar-refractivity contribution is 5.92. The fourth-order valence-corrected chi connectivity index (χ4v) is 2.54. The van der Waals surface area contributed by atoms with Gasteiger partial charge in [-0.15, -0.1) is 0 Å². The van der Waals surface area contributed by atoms with Crippen LogP contribution in [0.25, 0.3) is 23.5 Å². The van der Waals surface area contributed by atoms with E-state index in [2.05, 4.69) is 9.97 Å². The number of carbonyl (C=O) groups is 1. The highest BCUT2D eigenvalue weighted by Gasteiger charge is 2.12. The van der Waals surface area contributed by atoms with Gasteiger partial charge in [-0.1, -0.05) is 42.5 Å². The molecule has 0 saturated heterocycles. The van der Waals surface area contributed by atoms with E-state index in [1.165, 1.54) is 6.20 Å². The lowest BCUT2D eigenvalue weighted by Gasteiger charge is -2.08. The molecule has 0 fully saturated rings. The van der Waals surface area contributed by atoms with E-state index in [0.717, 1.165) is 11.1 Å². The number of carboxylic acids is 1. The monoisotopic (exact) mass is 362 g/mol. The minimum absolute atomic E-state index is 0.0337. The summed E-state index contributed by atoms with van der Waals surface area (Å²) in [5.41, 5.74) is 2.00. The number of hydrogen-bond donors (Lipinski definition) is 1. The molecule has 0 atom stereocenters. The number of aromatic carboxylic acids is 1. The summed E-state index contributed by atoms with van der Waals surface area (Å²) < 4.78 is 10.5. The number of ether oxygens (including phenoxy) is 2. The Labute approximate surface area is 156 Å². The summed E-state index contributed by atoms with van der Waals surface area (Å²) in [6, 6.07) is 14.8. The van der Waals surface area contributed by atoms with E-state index in [-0.39, 0.29) is 5.56 Å². The lowest BCUT2D eigenvalue weighted by Crippen LogP contribution is -2.04. The quantitative estimate of drug-likeness (QED) is 0.713. The molecule has 0 aliphatic rings. The predicted octanol–water partition coefficient (Wildman–Crippen LogP) is 4.03. The van der Waals surface area contributed by atoms with E-state index in [9.17, 15) is 9.90 Å². The number of methoxy groups -OCH3 is 2. The fourth-order valence-electron chi connectivity index (χ4n) is 2.54. The molecule has 27 heavy (non-hydrogen) atoms. The summed E-state index contributed by atoms with van der Waals surface area (Å²) in [7, 11) is 3.13. The van der Waals surface area contributed by atoms with Gasteiger partial charge >= 0.3 is 5.97 Å². The van der Waals surface area contributed by atoms with Gasteiger partial charge in [0, 0.05) is 11.8 Å². The molecule has 1 aromatic heterocycles. The van der Waals surface area contributed by atoms with Crippen LogP contribution in [0.1, 0.15) is 21.6 Å². The van der Waals surface area contributed by atoms with Crippen molar-refractivity contribution in [2.75, 3.05) is 14.2 Å². The number of rotatable bonds is 6. The highest BCUT2D eigenvalue weighted by atomic mass is 16.5. The third kappa shape index (κ3) is 4.12. The number of aromatic nitrogens is 2. The Morgan fingerprint density at radius 2 is 1.74 bits per heavy atom. The molecule has 2 aromatic carbocycles. The maximum absolute atomic E-state index is 11.5. The normalized spacial score (nSPS) is 10.7. The Morgan fingerprint density at radius 3 is 2.41 bits per heavy atom. The van der Waals surface area contributed by atoms with Crippen molar-refractivity contribution < 1.29 is 19.4 Å². The second-order valence-electron chi connectivity index (χ2n) is 5.61. The Kier molecular flexibility index (Phi) is 5.47. The molecule has 0 spiro atoms. The van der Waals surface area contributed by atoms with Gasteiger partial charge in [0.25, 0.3) is 0 Å². The molecule has 3 rings (SSSR count). The standard InChI is InChI=1S/C21H18N2O4/c1-26-18-11-9-14(12-19(18)27-2)8-10-17-16(21(24)25)13-22-20(23-17)15-6-4-3-5-7-15/h3-13H,1-2H3,(H,24,25). The van der Waals surface area contributed by atoms with Gasteiger partial charge in [0.15, 0.2) is 17.3 Å². The molecule has 1 heterocycles. The lowest BCUT2D eigenvalue weighted by molar-refractivity contribution is 0.0695. The van der Waals surface area contributed by atoms with Crippen molar-refractivity contribution in [3.05, 3.63) is 71.5 Å². The van der Waals surface area contributed by atoms with Crippen LogP contribution in [0.5, 0.6) is 11.5 Å². The van der Waals surface area contributed by atoms with Crippen molar-refractivity contribution in [1.82, 2.24) is 9.97 Å². The van der Waals surface area contributed by atoms with Crippen molar-refractivity contribution in [1.29, 1.82) is 0 Å². The van der Waals surface area contributed by atoms with Crippen LogP contribution < -0.4 is 9.47 Å². The van der Waals surface area contributed by atoms with Crippen LogP contribution in [-0.2, 0) is 0 Å². The average Bonchev–Trinajstić information content (AvgIpc) is 2.72. The summed E-state index contributed by atoms with van der Waals surface area (Å²) in [6.45, 7) is 0. The third-order valence-electron chi connectivity index (χ3n) is 3.92. The molecule has 3 aromatic rings. The van der Waals surface area contributed by atoms with Crippen molar-refractivity contribution in [2.24, 2.45) is 0 Å². The van der Waals surface area contributed by atoms with Crippen LogP contribution in [0.4, 0.5) is 0 Å². The molecule has 0 bridgehead atoms. The summed E-state index contributed by atoms with van der Waals surface area (Å²) >= 11 is 0. The van der Waals surface area contributed by atoms with Gasteiger partial charge in [-0.25, -0.2) is 14.8 Å². The zero-order chi connectivity index (χ0) is 19.2. The third-order valence-corrected chi connectivity index (χ3v) is 3.92. The zero-order valence-electron chi connectivity index (χ0n) is 14.9. The molecule has 0 aliphatic carbocycles. The van der Waals surface area contributed by atoms with Gasteiger partial charge in [-0.2, -0.15) is 0 Å². The first-order chi connectivity index (χ1) is 13.1. The fraction of sp³-hybridized carbons (Fsp3) is 0.0952. The van der Waals surface area contributed by atoms with E-state index in [4.69, 9.17) is 9.47 Å². The second kappa shape index (κ2) is 8.14. The van der Waals surface area contributed by atoms with Crippen LogP contribution in [0.3, 0.4) is 0 Å². The Morgan fingerprint density at radius 1 is 1.00 bits per heavy atom. The SMILES string of the molecule is COc1ccc(C=Cc2nc(-c3ccccc3)ncc2C(=O)O)cc1OC. The van der Waals surface area contributed by atoms with Gasteiger partial charge < -0.3 is 14.6 Å². The molecular weight excluding hydrogens is 344 g/mol. The van der Waals surface area contributed by atoms with Crippen molar-refractivity contribution in [3.63, 3.8) is 0 Å². The summed E-state index contributed by atoms with van der Waals surface area (Å²) in [6.07, 6.45) is 4.75. The number of nitrogens with zero attached hydrogens (tertiary/aromatic N) is 2. The minimum atomic E-state index is -1.08. The second-order valence-corrected chi connectivity index (χ2v) is 5.61. The molecule has 0 unspecified atom stereocenters. The molecule has 0 saturated carbocycles. The van der Waals surface area contributed by atoms with Gasteiger partial charge in [0.2, 0.25) is 0 Å². The largest absolute Gasteiger partial charge is 0.493 e. The van der Waals surface area contributed by atoms with Crippen LogP contribution >= 0.6 is 0 Å². The van der Waals surface area contributed by atoms with E-state index in [0.29, 0.717) is 23.0 Å². The Hall–Kier alpha value is -3.67. The summed E-state index contributed by atoms with van der Waals surface area (Å²) in [4.78, 5) is 20.1. The van der Waals surface area contributed by atoms with E-state index in [1.54, 1.807) is 38.5 Å². The first kappa shape index (κ1) is 18.1. The van der Waals surface area contributed by atoms with Crippen LogP contribution in [-0.4, -0.2) is 35.3 Å². The van der Waals surface area contributed by atoms with Crippen LogP contribution in [0, 0.1) is 0 Å². The maximum atomic E-state index is 11.5. The van der Waals surface area contributed by atoms with Gasteiger partial charge in [-0.3, -0.25) is 0 Å². The van der Waals surface area contributed by atoms with Crippen molar-refractivity contribution in [3.8, 4) is 22.9 Å². The minimum Gasteiger partial charge on any atom is -0.493 e. The molecule has 1 N–H and O–H groups in total. The van der Waals surface area contributed by atoms with E-state index in [1.807, 2.05) is 36.4 Å². The molecule has 0 aliphatic heterocycles. The summed E-state index contributed by atoms with van der Waals surface area (Å²) in [5.74, 6) is 0.592. The molecule has 6 nitrogen and oxygen atoms in total. The predicted molar refractivity (Wildman–Crippen MR) is 103 cm³/mol. The van der Waals surface area contributed by atoms with Crippen molar-refractivity contribution >= 4 is 18.1 Å². The molecular formula is C21H18N2O4. The van der Waals surface area contributed by atoms with Crippen LogP contribution in [0.2, 0.25) is 0 Å². The zero-order valence-corrected chi connectivity index (χ0v) is 14.9. The molecule has 0 radical (unpaired) electrons. The Bertz CT molecular complexity index is 985. The van der Waals surface area contributed by atoms with E-state index >= 15 is 0 Å². The van der Waals surface area contributed by atoms with Crippen molar-refractivity contribution in [2.45, 2.75) is 0 Å². The first-order valence-electron chi connectivity index (χ1n) is 8.18. The number of carboxylic acid groups (broad SMARTS) is 1. The van der Waals surface area contributed by atoms with Gasteiger partial charge in [0.1, 0.15) is 5.56 Å². The smallest absolute Gasteiger partial charge is 0.339 e. The van der Waals surface area contributed by atoms with Gasteiger partial charge in [-0.05, 0) is 23.8 Å². The highest BCUT2D eigenvalue weighted by Crippen LogP contribution is 2.28. The molecule has 6 heteroatoms. The average molecular weight is 362 g/mol. The summed E-state index contributed by atoms with van der Waals surface area (Å²) in [5, 5.41) is 9.42. The first-order valence-corrected chi connectivity index (χ1v) is 8.18.